The second-order valence-electron chi connectivity index (χ2n) is 3.36. The van der Waals surface area contributed by atoms with Crippen LogP contribution in [0.5, 0.6) is 0 Å². The Labute approximate surface area is 94.1 Å². The number of benzene rings is 1. The van der Waals surface area contributed by atoms with Gasteiger partial charge in [0.2, 0.25) is 15.3 Å². The minimum absolute atomic E-state index is 0.104. The van der Waals surface area contributed by atoms with Crippen molar-refractivity contribution in [2.24, 2.45) is 5.73 Å². The first-order valence-corrected chi connectivity index (χ1v) is 6.15. The van der Waals surface area contributed by atoms with Gasteiger partial charge in [-0.3, -0.25) is 0 Å². The molecule has 5 nitrogen and oxygen atoms in total. The summed E-state index contributed by atoms with van der Waals surface area (Å²) in [5.74, 6) is 0. The predicted molar refractivity (Wildman–Crippen MR) is 58.5 cm³/mol. The summed E-state index contributed by atoms with van der Waals surface area (Å²) in [4.78, 5) is 10.6. The fourth-order valence-corrected chi connectivity index (χ4v) is 2.27. The molecule has 0 radical (unpaired) electrons. The summed E-state index contributed by atoms with van der Waals surface area (Å²) < 4.78 is 28.1. The van der Waals surface area contributed by atoms with Gasteiger partial charge in [-0.1, -0.05) is 17.7 Å². The summed E-state index contributed by atoms with van der Waals surface area (Å²) >= 11 is 0. The number of hydrogen-bond acceptors (Lipinski definition) is 4. The molecular weight excluding hydrogens is 230 g/mol. The predicted octanol–water partition coefficient (Wildman–Crippen LogP) is 1.21. The van der Waals surface area contributed by atoms with Crippen molar-refractivity contribution in [3.05, 3.63) is 29.8 Å². The lowest BCUT2D eigenvalue weighted by molar-refractivity contribution is 0.147. The van der Waals surface area contributed by atoms with Crippen LogP contribution in [0.4, 0.5) is 4.79 Å². The topological polar surface area (TPSA) is 86.5 Å². The molecule has 0 heterocycles. The first-order chi connectivity index (χ1) is 7.34. The third-order valence-corrected chi connectivity index (χ3v) is 3.97. The van der Waals surface area contributed by atoms with E-state index in [1.807, 2.05) is 6.92 Å². The highest BCUT2D eigenvalue weighted by Gasteiger charge is 2.25. The summed E-state index contributed by atoms with van der Waals surface area (Å²) in [6.07, 6.45) is -1.11. The summed E-state index contributed by atoms with van der Waals surface area (Å²) in [6.45, 7) is 3.11. The molecule has 0 aromatic heterocycles. The molecule has 2 N–H and O–H groups in total. The second-order valence-corrected chi connectivity index (χ2v) is 5.59. The van der Waals surface area contributed by atoms with Crippen LogP contribution in [-0.4, -0.2) is 19.9 Å². The van der Waals surface area contributed by atoms with Crippen LogP contribution in [0, 0.1) is 6.92 Å². The standard InChI is InChI=1S/C10H13NO4S/c1-7-3-5-9(6-4-7)16(13,14)8(2)15-10(11)12/h3-6,8H,1-2H3,(H2,11,12). The molecule has 1 rings (SSSR count). The van der Waals surface area contributed by atoms with Gasteiger partial charge < -0.3 is 10.5 Å². The van der Waals surface area contributed by atoms with Gasteiger partial charge in [0.1, 0.15) is 0 Å². The quantitative estimate of drug-likeness (QED) is 0.864. The second kappa shape index (κ2) is 4.52. The van der Waals surface area contributed by atoms with Gasteiger partial charge in [-0.05, 0) is 26.0 Å². The maximum atomic E-state index is 11.8. The molecule has 1 aromatic rings. The smallest absolute Gasteiger partial charge is 0.405 e. The number of carbonyl (C=O) groups is 1. The normalized spacial score (nSPS) is 13.1. The largest absolute Gasteiger partial charge is 0.430 e. The molecule has 1 unspecified atom stereocenters. The number of carbonyl (C=O) groups excluding carboxylic acids is 1. The van der Waals surface area contributed by atoms with E-state index in [1.165, 1.54) is 19.1 Å². The van der Waals surface area contributed by atoms with Crippen molar-refractivity contribution in [3.63, 3.8) is 0 Å². The lowest BCUT2D eigenvalue weighted by atomic mass is 10.2. The van der Waals surface area contributed by atoms with E-state index in [0.717, 1.165) is 5.56 Å². The molecule has 0 spiro atoms. The van der Waals surface area contributed by atoms with Crippen LogP contribution in [0.3, 0.4) is 0 Å². The van der Waals surface area contributed by atoms with Gasteiger partial charge in [0, 0.05) is 0 Å². The fourth-order valence-electron chi connectivity index (χ4n) is 1.15. The number of sulfone groups is 1. The molecule has 16 heavy (non-hydrogen) atoms. The number of aryl methyl sites for hydroxylation is 1. The zero-order valence-electron chi connectivity index (χ0n) is 9.01. The van der Waals surface area contributed by atoms with Crippen LogP contribution >= 0.6 is 0 Å². The number of amides is 1. The van der Waals surface area contributed by atoms with Crippen LogP contribution in [-0.2, 0) is 14.6 Å². The average Bonchev–Trinajstić information content (AvgIpc) is 2.17. The lowest BCUT2D eigenvalue weighted by Gasteiger charge is -2.12. The van der Waals surface area contributed by atoms with Crippen LogP contribution in [0.1, 0.15) is 12.5 Å². The zero-order chi connectivity index (χ0) is 12.3. The lowest BCUT2D eigenvalue weighted by Crippen LogP contribution is -2.27. The molecule has 1 aromatic carbocycles. The van der Waals surface area contributed by atoms with Gasteiger partial charge in [0.15, 0.2) is 0 Å². The molecule has 0 aliphatic carbocycles. The van der Waals surface area contributed by atoms with Gasteiger partial charge in [-0.2, -0.15) is 0 Å². The van der Waals surface area contributed by atoms with E-state index < -0.39 is 21.4 Å². The third-order valence-electron chi connectivity index (χ3n) is 2.07. The van der Waals surface area contributed by atoms with Crippen molar-refractivity contribution < 1.29 is 17.9 Å². The van der Waals surface area contributed by atoms with Crippen LogP contribution < -0.4 is 5.73 Å². The molecule has 88 valence electrons. The van der Waals surface area contributed by atoms with E-state index in [1.54, 1.807) is 12.1 Å². The average molecular weight is 243 g/mol. The molecule has 6 heteroatoms. The first-order valence-electron chi connectivity index (χ1n) is 4.60. The van der Waals surface area contributed by atoms with E-state index in [2.05, 4.69) is 4.74 Å². The minimum Gasteiger partial charge on any atom is -0.430 e. The Bertz CT molecular complexity index is 478. The van der Waals surface area contributed by atoms with E-state index in [9.17, 15) is 13.2 Å². The maximum Gasteiger partial charge on any atom is 0.405 e. The van der Waals surface area contributed by atoms with Crippen molar-refractivity contribution in [3.8, 4) is 0 Å². The van der Waals surface area contributed by atoms with Crippen molar-refractivity contribution >= 4 is 15.9 Å². The molecule has 0 bridgehead atoms. The minimum atomic E-state index is -3.67. The number of rotatable bonds is 3. The van der Waals surface area contributed by atoms with Gasteiger partial charge >= 0.3 is 6.09 Å². The van der Waals surface area contributed by atoms with E-state index >= 15 is 0 Å². The molecule has 1 amide bonds. The maximum absolute atomic E-state index is 11.8. The van der Waals surface area contributed by atoms with Crippen LogP contribution in [0.2, 0.25) is 0 Å². The molecule has 0 fully saturated rings. The Hall–Kier alpha value is -1.56. The van der Waals surface area contributed by atoms with E-state index in [-0.39, 0.29) is 4.90 Å². The highest BCUT2D eigenvalue weighted by atomic mass is 32.2. The molecular formula is C10H13NO4S. The summed E-state index contributed by atoms with van der Waals surface area (Å²) in [6, 6.07) is 6.27. The fraction of sp³-hybridized carbons (Fsp3) is 0.300. The Balaban J connectivity index is 3.02. The monoisotopic (exact) mass is 243 g/mol. The van der Waals surface area contributed by atoms with Gasteiger partial charge in [-0.15, -0.1) is 0 Å². The highest BCUT2D eigenvalue weighted by molar-refractivity contribution is 7.91. The molecule has 0 aliphatic heterocycles. The number of nitrogens with two attached hydrogens (primary N) is 1. The first kappa shape index (κ1) is 12.5. The molecule has 0 aliphatic rings. The Morgan fingerprint density at radius 3 is 2.25 bits per heavy atom. The number of ether oxygens (including phenoxy) is 1. The van der Waals surface area contributed by atoms with E-state index in [4.69, 9.17) is 5.73 Å². The van der Waals surface area contributed by atoms with Gasteiger partial charge in [0.05, 0.1) is 4.90 Å². The van der Waals surface area contributed by atoms with Crippen LogP contribution in [0.15, 0.2) is 29.2 Å². The van der Waals surface area contributed by atoms with Crippen molar-refractivity contribution in [2.45, 2.75) is 24.2 Å². The van der Waals surface area contributed by atoms with Crippen molar-refractivity contribution in [1.82, 2.24) is 0 Å². The van der Waals surface area contributed by atoms with Gasteiger partial charge in [0.25, 0.3) is 0 Å². The molecule has 0 saturated heterocycles. The number of primary amides is 1. The summed E-state index contributed by atoms with van der Waals surface area (Å²) in [5.41, 5.74) is 4.43. The van der Waals surface area contributed by atoms with Crippen molar-refractivity contribution in [2.75, 3.05) is 0 Å². The summed E-state index contributed by atoms with van der Waals surface area (Å²) in [7, 11) is -3.67. The molecule has 0 saturated carbocycles. The Kier molecular flexibility index (Phi) is 3.54. The number of hydrogen-bond donors (Lipinski definition) is 1. The van der Waals surface area contributed by atoms with Crippen LogP contribution in [0.25, 0.3) is 0 Å². The summed E-state index contributed by atoms with van der Waals surface area (Å²) in [5, 5.41) is 0. The van der Waals surface area contributed by atoms with E-state index in [0.29, 0.717) is 0 Å². The zero-order valence-corrected chi connectivity index (χ0v) is 9.82. The van der Waals surface area contributed by atoms with Crippen molar-refractivity contribution in [1.29, 1.82) is 0 Å². The third kappa shape index (κ3) is 2.73. The van der Waals surface area contributed by atoms with Gasteiger partial charge in [-0.25, -0.2) is 13.2 Å². The highest BCUT2D eigenvalue weighted by Crippen LogP contribution is 2.17. The SMILES string of the molecule is Cc1ccc(S(=O)(=O)C(C)OC(N)=O)cc1. The Morgan fingerprint density at radius 1 is 1.31 bits per heavy atom. The molecule has 1 atom stereocenters. The Morgan fingerprint density at radius 2 is 1.81 bits per heavy atom.